The fraction of sp³-hybridized carbons (Fsp3) is 0.833. The Morgan fingerprint density at radius 2 is 2.40 bits per heavy atom. The van der Waals surface area contributed by atoms with Crippen molar-refractivity contribution in [3.05, 3.63) is 0 Å². The summed E-state index contributed by atoms with van der Waals surface area (Å²) in [6.45, 7) is 0.00208. The Morgan fingerprint density at radius 1 is 1.80 bits per heavy atom. The van der Waals surface area contributed by atoms with E-state index in [1.807, 2.05) is 0 Å². The van der Waals surface area contributed by atoms with Gasteiger partial charge in [0.25, 0.3) is 0 Å². The molecule has 0 heterocycles. The topological polar surface area (TPSA) is 58.6 Å². The maximum atomic E-state index is 10.6. The first-order valence-corrected chi connectivity index (χ1v) is 3.19. The Balaban J connectivity index is 2.30. The molecular formula is C6H11NO3. The number of alkyl carbamates (subject to hydrolysis) is 1. The van der Waals surface area contributed by atoms with Gasteiger partial charge in [-0.15, -0.1) is 0 Å². The molecule has 1 rings (SSSR count). The molecule has 0 unspecified atom stereocenters. The standard InChI is InChI=1S/C6H11NO3/c1-10-5(9)7-6(4-8)2-3-6/h8H,2-4H2,1H3,(H,7,9). The molecule has 0 atom stereocenters. The van der Waals surface area contributed by atoms with Crippen LogP contribution < -0.4 is 5.32 Å². The molecular weight excluding hydrogens is 134 g/mol. The molecule has 1 aliphatic rings. The summed E-state index contributed by atoms with van der Waals surface area (Å²) < 4.78 is 4.37. The monoisotopic (exact) mass is 145 g/mol. The molecule has 1 aliphatic carbocycles. The number of carbonyl (C=O) groups is 1. The normalized spacial score (nSPS) is 19.8. The SMILES string of the molecule is COC(=O)NC1(CO)CC1. The van der Waals surface area contributed by atoms with Gasteiger partial charge in [-0.3, -0.25) is 0 Å². The predicted molar refractivity (Wildman–Crippen MR) is 34.6 cm³/mol. The minimum Gasteiger partial charge on any atom is -0.453 e. The number of hydrogen-bond donors (Lipinski definition) is 2. The maximum Gasteiger partial charge on any atom is 0.407 e. The zero-order valence-electron chi connectivity index (χ0n) is 5.89. The highest BCUT2D eigenvalue weighted by atomic mass is 16.5. The van der Waals surface area contributed by atoms with Crippen molar-refractivity contribution < 1.29 is 14.6 Å². The van der Waals surface area contributed by atoms with E-state index >= 15 is 0 Å². The van der Waals surface area contributed by atoms with Crippen LogP contribution in [0, 0.1) is 0 Å². The quantitative estimate of drug-likeness (QED) is 0.569. The van der Waals surface area contributed by atoms with Crippen LogP contribution in [-0.2, 0) is 4.74 Å². The lowest BCUT2D eigenvalue weighted by atomic mass is 10.3. The smallest absolute Gasteiger partial charge is 0.407 e. The number of nitrogens with one attached hydrogen (secondary N) is 1. The Kier molecular flexibility index (Phi) is 1.80. The van der Waals surface area contributed by atoms with Gasteiger partial charge in [-0.1, -0.05) is 0 Å². The van der Waals surface area contributed by atoms with Crippen molar-refractivity contribution in [2.75, 3.05) is 13.7 Å². The molecule has 1 fully saturated rings. The second kappa shape index (κ2) is 2.46. The number of amides is 1. The zero-order valence-corrected chi connectivity index (χ0v) is 5.89. The van der Waals surface area contributed by atoms with Crippen LogP contribution in [0.5, 0.6) is 0 Å². The molecule has 0 bridgehead atoms. The number of aliphatic hydroxyl groups is 1. The number of aliphatic hydroxyl groups excluding tert-OH is 1. The summed E-state index contributed by atoms with van der Waals surface area (Å²) in [7, 11) is 1.31. The molecule has 0 radical (unpaired) electrons. The summed E-state index contributed by atoms with van der Waals surface area (Å²) in [6.07, 6.45) is 1.23. The third-order valence-electron chi connectivity index (χ3n) is 1.71. The van der Waals surface area contributed by atoms with Gasteiger partial charge in [0.2, 0.25) is 0 Å². The molecule has 0 spiro atoms. The summed E-state index contributed by atoms with van der Waals surface area (Å²) in [5.74, 6) is 0. The first kappa shape index (κ1) is 7.34. The van der Waals surface area contributed by atoms with Crippen LogP contribution in [0.2, 0.25) is 0 Å². The van der Waals surface area contributed by atoms with Crippen LogP contribution in [0.4, 0.5) is 4.79 Å². The van der Waals surface area contributed by atoms with Crippen LogP contribution in [0.15, 0.2) is 0 Å². The van der Waals surface area contributed by atoms with E-state index in [1.54, 1.807) is 0 Å². The van der Waals surface area contributed by atoms with Crippen molar-refractivity contribution in [3.8, 4) is 0 Å². The van der Waals surface area contributed by atoms with Crippen molar-refractivity contribution in [3.63, 3.8) is 0 Å². The highest BCUT2D eigenvalue weighted by Gasteiger charge is 2.43. The van der Waals surface area contributed by atoms with E-state index in [1.165, 1.54) is 7.11 Å². The molecule has 0 saturated heterocycles. The Hall–Kier alpha value is -0.770. The summed E-state index contributed by atoms with van der Waals surface area (Å²) in [6, 6.07) is 0. The summed E-state index contributed by atoms with van der Waals surface area (Å²) in [5.41, 5.74) is -0.354. The average molecular weight is 145 g/mol. The molecule has 0 aliphatic heterocycles. The molecule has 2 N–H and O–H groups in total. The lowest BCUT2D eigenvalue weighted by molar-refractivity contribution is 0.153. The van der Waals surface area contributed by atoms with Gasteiger partial charge in [0.05, 0.1) is 19.3 Å². The Morgan fingerprint density at radius 3 is 2.70 bits per heavy atom. The fourth-order valence-electron chi connectivity index (χ4n) is 0.741. The van der Waals surface area contributed by atoms with Crippen molar-refractivity contribution in [1.82, 2.24) is 5.32 Å². The second-order valence-electron chi connectivity index (χ2n) is 2.56. The first-order valence-electron chi connectivity index (χ1n) is 3.19. The molecule has 4 nitrogen and oxygen atoms in total. The van der Waals surface area contributed by atoms with Crippen molar-refractivity contribution in [1.29, 1.82) is 0 Å². The minimum absolute atomic E-state index is 0.00208. The van der Waals surface area contributed by atoms with Gasteiger partial charge in [0, 0.05) is 0 Å². The highest BCUT2D eigenvalue weighted by molar-refractivity contribution is 5.68. The van der Waals surface area contributed by atoms with Gasteiger partial charge in [-0.05, 0) is 12.8 Å². The van der Waals surface area contributed by atoms with Crippen LogP contribution in [-0.4, -0.2) is 30.5 Å². The van der Waals surface area contributed by atoms with E-state index < -0.39 is 6.09 Å². The van der Waals surface area contributed by atoms with Crippen molar-refractivity contribution in [2.24, 2.45) is 0 Å². The molecule has 58 valence electrons. The van der Waals surface area contributed by atoms with Gasteiger partial charge < -0.3 is 15.2 Å². The maximum absolute atomic E-state index is 10.6. The molecule has 1 amide bonds. The van der Waals surface area contributed by atoms with Crippen LogP contribution in [0.1, 0.15) is 12.8 Å². The molecule has 0 aromatic heterocycles. The highest BCUT2D eigenvalue weighted by Crippen LogP contribution is 2.34. The fourth-order valence-corrected chi connectivity index (χ4v) is 0.741. The lowest BCUT2D eigenvalue weighted by Gasteiger charge is -2.11. The van der Waals surface area contributed by atoms with E-state index in [4.69, 9.17) is 5.11 Å². The van der Waals surface area contributed by atoms with E-state index in [0.717, 1.165) is 12.8 Å². The van der Waals surface area contributed by atoms with E-state index in [0.29, 0.717) is 0 Å². The number of hydrogen-bond acceptors (Lipinski definition) is 3. The molecule has 0 aromatic carbocycles. The summed E-state index contributed by atoms with van der Waals surface area (Å²) in [4.78, 5) is 10.6. The average Bonchev–Trinajstić information content (AvgIpc) is 2.70. The minimum atomic E-state index is -0.466. The van der Waals surface area contributed by atoms with E-state index in [-0.39, 0.29) is 12.1 Å². The van der Waals surface area contributed by atoms with E-state index in [2.05, 4.69) is 10.1 Å². The van der Waals surface area contributed by atoms with Crippen molar-refractivity contribution >= 4 is 6.09 Å². The van der Waals surface area contributed by atoms with Crippen LogP contribution >= 0.6 is 0 Å². The summed E-state index contributed by atoms with van der Waals surface area (Å²) in [5, 5.41) is 11.3. The van der Waals surface area contributed by atoms with Gasteiger partial charge in [0.1, 0.15) is 0 Å². The molecule has 4 heteroatoms. The largest absolute Gasteiger partial charge is 0.453 e. The lowest BCUT2D eigenvalue weighted by Crippen LogP contribution is -2.39. The number of rotatable bonds is 2. The summed E-state index contributed by atoms with van der Waals surface area (Å²) >= 11 is 0. The second-order valence-corrected chi connectivity index (χ2v) is 2.56. The van der Waals surface area contributed by atoms with Gasteiger partial charge >= 0.3 is 6.09 Å². The van der Waals surface area contributed by atoms with Crippen molar-refractivity contribution in [2.45, 2.75) is 18.4 Å². The van der Waals surface area contributed by atoms with Gasteiger partial charge in [0.15, 0.2) is 0 Å². The predicted octanol–water partition coefficient (Wildman–Crippen LogP) is -0.133. The van der Waals surface area contributed by atoms with Gasteiger partial charge in [-0.25, -0.2) is 4.79 Å². The molecule has 10 heavy (non-hydrogen) atoms. The van der Waals surface area contributed by atoms with Crippen LogP contribution in [0.3, 0.4) is 0 Å². The Labute approximate surface area is 59.2 Å². The number of ether oxygens (including phenoxy) is 1. The van der Waals surface area contributed by atoms with Gasteiger partial charge in [-0.2, -0.15) is 0 Å². The Bertz CT molecular complexity index is 142. The first-order chi connectivity index (χ1) is 4.72. The third kappa shape index (κ3) is 1.39. The number of carbonyl (C=O) groups excluding carboxylic acids is 1. The third-order valence-corrected chi connectivity index (χ3v) is 1.71. The molecule has 1 saturated carbocycles. The molecule has 0 aromatic rings. The number of methoxy groups -OCH3 is 1. The zero-order chi connectivity index (χ0) is 7.61. The van der Waals surface area contributed by atoms with E-state index in [9.17, 15) is 4.79 Å². The van der Waals surface area contributed by atoms with Crippen LogP contribution in [0.25, 0.3) is 0 Å².